The summed E-state index contributed by atoms with van der Waals surface area (Å²) >= 11 is 0. The Morgan fingerprint density at radius 2 is 1.40 bits per heavy atom. The molecule has 25 heavy (non-hydrogen) atoms. The van der Waals surface area contributed by atoms with Crippen LogP contribution >= 0.6 is 0 Å². The molecule has 0 heterocycles. The lowest BCUT2D eigenvalue weighted by Crippen LogP contribution is -2.13. The standard InChI is InChI=1S/C16H20N2O6S/c1-21-13-6-5-11(9-12(13)17)25(19,20)18-10-7-14(22-2)16(24-4)15(8-10)23-3/h5-9,18H,17H2,1-4H3. The molecule has 0 aliphatic heterocycles. The summed E-state index contributed by atoms with van der Waals surface area (Å²) in [6.45, 7) is 0. The molecule has 0 spiro atoms. The number of hydrogen-bond donors (Lipinski definition) is 2. The van der Waals surface area contributed by atoms with Gasteiger partial charge in [0.15, 0.2) is 11.5 Å². The fourth-order valence-electron chi connectivity index (χ4n) is 2.23. The van der Waals surface area contributed by atoms with Gasteiger partial charge < -0.3 is 24.7 Å². The number of hydrogen-bond acceptors (Lipinski definition) is 7. The topological polar surface area (TPSA) is 109 Å². The van der Waals surface area contributed by atoms with Gasteiger partial charge in [-0.1, -0.05) is 0 Å². The van der Waals surface area contributed by atoms with Gasteiger partial charge in [-0.2, -0.15) is 0 Å². The third kappa shape index (κ3) is 3.82. The molecular weight excluding hydrogens is 348 g/mol. The first-order chi connectivity index (χ1) is 11.9. The summed E-state index contributed by atoms with van der Waals surface area (Å²) in [4.78, 5) is -0.000415. The van der Waals surface area contributed by atoms with Crippen LogP contribution in [0.25, 0.3) is 0 Å². The smallest absolute Gasteiger partial charge is 0.261 e. The Labute approximate surface area is 146 Å². The van der Waals surface area contributed by atoms with Crippen LogP contribution < -0.4 is 29.4 Å². The second-order valence-electron chi connectivity index (χ2n) is 4.92. The van der Waals surface area contributed by atoms with Crippen LogP contribution in [0.15, 0.2) is 35.2 Å². The Hall–Kier alpha value is -2.81. The summed E-state index contributed by atoms with van der Waals surface area (Å²) < 4.78 is 48.3. The molecule has 0 saturated carbocycles. The van der Waals surface area contributed by atoms with Gasteiger partial charge in [-0.3, -0.25) is 4.72 Å². The number of nitrogens with two attached hydrogens (primary N) is 1. The summed E-state index contributed by atoms with van der Waals surface area (Å²) in [6, 6.07) is 7.19. The molecule has 0 bridgehead atoms. The number of nitrogens with one attached hydrogen (secondary N) is 1. The molecule has 0 aromatic heterocycles. The predicted octanol–water partition coefficient (Wildman–Crippen LogP) is 2.10. The molecule has 0 aliphatic carbocycles. The van der Waals surface area contributed by atoms with Gasteiger partial charge in [0.1, 0.15) is 5.75 Å². The number of methoxy groups -OCH3 is 4. The van der Waals surface area contributed by atoms with E-state index in [2.05, 4.69) is 4.72 Å². The molecule has 0 atom stereocenters. The highest BCUT2D eigenvalue weighted by Gasteiger charge is 2.19. The second-order valence-corrected chi connectivity index (χ2v) is 6.61. The van der Waals surface area contributed by atoms with Crippen LogP contribution in [-0.4, -0.2) is 36.9 Å². The molecule has 136 valence electrons. The SMILES string of the molecule is COc1ccc(S(=O)(=O)Nc2cc(OC)c(OC)c(OC)c2)cc1N. The Morgan fingerprint density at radius 1 is 0.840 bits per heavy atom. The van der Waals surface area contributed by atoms with Crippen LogP contribution in [0.5, 0.6) is 23.0 Å². The molecular formula is C16H20N2O6S. The fraction of sp³-hybridized carbons (Fsp3) is 0.250. The molecule has 2 aromatic carbocycles. The average molecular weight is 368 g/mol. The van der Waals surface area contributed by atoms with Gasteiger partial charge in [0.05, 0.1) is 44.7 Å². The van der Waals surface area contributed by atoms with E-state index in [1.165, 1.54) is 58.8 Å². The van der Waals surface area contributed by atoms with E-state index < -0.39 is 10.0 Å². The number of ether oxygens (including phenoxy) is 4. The van der Waals surface area contributed by atoms with Gasteiger partial charge in [-0.25, -0.2) is 8.42 Å². The van der Waals surface area contributed by atoms with E-state index in [4.69, 9.17) is 24.7 Å². The van der Waals surface area contributed by atoms with Crippen molar-refractivity contribution in [2.24, 2.45) is 0 Å². The van der Waals surface area contributed by atoms with Gasteiger partial charge in [-0.05, 0) is 18.2 Å². The Bertz CT molecular complexity index is 842. The van der Waals surface area contributed by atoms with Gasteiger partial charge >= 0.3 is 0 Å². The molecule has 2 rings (SSSR count). The summed E-state index contributed by atoms with van der Waals surface area (Å²) in [5.74, 6) is 1.41. The second kappa shape index (κ2) is 7.39. The summed E-state index contributed by atoms with van der Waals surface area (Å²) in [7, 11) is 1.94. The highest BCUT2D eigenvalue weighted by Crippen LogP contribution is 2.40. The van der Waals surface area contributed by atoms with Gasteiger partial charge in [0.2, 0.25) is 5.75 Å². The first-order valence-electron chi connectivity index (χ1n) is 7.12. The zero-order chi connectivity index (χ0) is 18.6. The first-order valence-corrected chi connectivity index (χ1v) is 8.61. The van der Waals surface area contributed by atoms with E-state index in [9.17, 15) is 8.42 Å². The van der Waals surface area contributed by atoms with Crippen LogP contribution in [0.1, 0.15) is 0 Å². The van der Waals surface area contributed by atoms with Gasteiger partial charge in [0.25, 0.3) is 10.0 Å². The number of rotatable bonds is 7. The summed E-state index contributed by atoms with van der Waals surface area (Å²) in [5, 5.41) is 0. The molecule has 0 radical (unpaired) electrons. The average Bonchev–Trinajstić information content (AvgIpc) is 2.60. The molecule has 9 heteroatoms. The third-order valence-electron chi connectivity index (χ3n) is 3.43. The van der Waals surface area contributed by atoms with Crippen molar-refractivity contribution in [3.63, 3.8) is 0 Å². The van der Waals surface area contributed by atoms with E-state index in [1.807, 2.05) is 0 Å². The van der Waals surface area contributed by atoms with Crippen molar-refractivity contribution in [3.05, 3.63) is 30.3 Å². The molecule has 8 nitrogen and oxygen atoms in total. The van der Waals surface area contributed by atoms with Crippen molar-refractivity contribution in [2.45, 2.75) is 4.90 Å². The van der Waals surface area contributed by atoms with Crippen LogP contribution in [-0.2, 0) is 10.0 Å². The van der Waals surface area contributed by atoms with Crippen LogP contribution in [0, 0.1) is 0 Å². The molecule has 2 aromatic rings. The Morgan fingerprint density at radius 3 is 1.84 bits per heavy atom. The zero-order valence-corrected chi connectivity index (χ0v) is 15.1. The monoisotopic (exact) mass is 368 g/mol. The largest absolute Gasteiger partial charge is 0.495 e. The third-order valence-corrected chi connectivity index (χ3v) is 4.81. The number of anilines is 2. The van der Waals surface area contributed by atoms with Crippen LogP contribution in [0.2, 0.25) is 0 Å². The fourth-order valence-corrected chi connectivity index (χ4v) is 3.31. The summed E-state index contributed by atoms with van der Waals surface area (Å²) in [5.41, 5.74) is 6.25. The zero-order valence-electron chi connectivity index (χ0n) is 14.3. The van der Waals surface area contributed by atoms with Crippen molar-refractivity contribution in [1.29, 1.82) is 0 Å². The van der Waals surface area contributed by atoms with Crippen LogP contribution in [0.4, 0.5) is 11.4 Å². The Kier molecular flexibility index (Phi) is 5.48. The van der Waals surface area contributed by atoms with Crippen LogP contribution in [0.3, 0.4) is 0 Å². The van der Waals surface area contributed by atoms with Crippen molar-refractivity contribution in [3.8, 4) is 23.0 Å². The van der Waals surface area contributed by atoms with Crippen molar-refractivity contribution < 1.29 is 27.4 Å². The van der Waals surface area contributed by atoms with E-state index in [-0.39, 0.29) is 16.3 Å². The van der Waals surface area contributed by atoms with E-state index >= 15 is 0 Å². The van der Waals surface area contributed by atoms with Gasteiger partial charge in [-0.15, -0.1) is 0 Å². The van der Waals surface area contributed by atoms with E-state index in [1.54, 1.807) is 0 Å². The first kappa shape index (κ1) is 18.5. The lowest BCUT2D eigenvalue weighted by atomic mass is 10.2. The molecule has 0 fully saturated rings. The summed E-state index contributed by atoms with van der Waals surface area (Å²) in [6.07, 6.45) is 0. The molecule has 0 unspecified atom stereocenters. The van der Waals surface area contributed by atoms with Gasteiger partial charge in [0, 0.05) is 12.1 Å². The maximum Gasteiger partial charge on any atom is 0.261 e. The Balaban J connectivity index is 2.42. The van der Waals surface area contributed by atoms with Crippen molar-refractivity contribution in [1.82, 2.24) is 0 Å². The minimum absolute atomic E-state index is 0.000415. The number of sulfonamides is 1. The van der Waals surface area contributed by atoms with E-state index in [0.717, 1.165) is 0 Å². The minimum Gasteiger partial charge on any atom is -0.495 e. The lowest BCUT2D eigenvalue weighted by molar-refractivity contribution is 0.325. The maximum atomic E-state index is 12.6. The maximum absolute atomic E-state index is 12.6. The normalized spacial score (nSPS) is 10.9. The van der Waals surface area contributed by atoms with Crippen molar-refractivity contribution >= 4 is 21.4 Å². The van der Waals surface area contributed by atoms with E-state index in [0.29, 0.717) is 23.0 Å². The number of benzene rings is 2. The number of nitrogen functional groups attached to an aromatic ring is 1. The minimum atomic E-state index is -3.87. The predicted molar refractivity (Wildman–Crippen MR) is 94.3 cm³/mol. The molecule has 0 saturated heterocycles. The molecule has 0 aliphatic rings. The highest BCUT2D eigenvalue weighted by atomic mass is 32.2. The molecule has 3 N–H and O–H groups in total. The highest BCUT2D eigenvalue weighted by molar-refractivity contribution is 7.92. The molecule has 0 amide bonds. The quantitative estimate of drug-likeness (QED) is 0.720. The lowest BCUT2D eigenvalue weighted by Gasteiger charge is -2.15. The van der Waals surface area contributed by atoms with Crippen molar-refractivity contribution in [2.75, 3.05) is 38.9 Å².